The molecule has 1 saturated heterocycles. The summed E-state index contributed by atoms with van der Waals surface area (Å²) in [7, 11) is 0. The lowest BCUT2D eigenvalue weighted by Gasteiger charge is -2.23. The highest BCUT2D eigenvalue weighted by Crippen LogP contribution is 2.30. The van der Waals surface area contributed by atoms with Crippen molar-refractivity contribution in [2.45, 2.75) is 31.5 Å². The number of amides is 2. The van der Waals surface area contributed by atoms with E-state index in [1.807, 2.05) is 29.6 Å². The molecule has 0 bridgehead atoms. The van der Waals surface area contributed by atoms with Crippen LogP contribution in [0.3, 0.4) is 0 Å². The van der Waals surface area contributed by atoms with Gasteiger partial charge in [0.25, 0.3) is 0 Å². The zero-order valence-corrected chi connectivity index (χ0v) is 14.3. The van der Waals surface area contributed by atoms with Crippen molar-refractivity contribution in [3.05, 3.63) is 44.3 Å². The molecule has 3 N–H and O–H groups in total. The minimum absolute atomic E-state index is 0.148. The highest BCUT2D eigenvalue weighted by molar-refractivity contribution is 7.12. The zero-order chi connectivity index (χ0) is 16.1. The van der Waals surface area contributed by atoms with Gasteiger partial charge in [-0.3, -0.25) is 0 Å². The highest BCUT2D eigenvalue weighted by Gasteiger charge is 2.17. The van der Waals surface area contributed by atoms with Gasteiger partial charge in [0.2, 0.25) is 0 Å². The van der Waals surface area contributed by atoms with Gasteiger partial charge in [-0.25, -0.2) is 4.79 Å². The number of urea groups is 1. The van der Waals surface area contributed by atoms with Crippen molar-refractivity contribution in [2.75, 3.05) is 13.2 Å². The van der Waals surface area contributed by atoms with Crippen LogP contribution in [0.15, 0.2) is 29.6 Å². The van der Waals surface area contributed by atoms with Gasteiger partial charge in [-0.05, 0) is 36.4 Å². The fraction of sp³-hybridized carbons (Fsp3) is 0.438. The van der Waals surface area contributed by atoms with Gasteiger partial charge in [0.05, 0.1) is 6.54 Å². The van der Waals surface area contributed by atoms with Gasteiger partial charge >= 0.3 is 6.03 Å². The summed E-state index contributed by atoms with van der Waals surface area (Å²) >= 11 is 3.06. The number of carbonyl (C=O) groups is 1. The third kappa shape index (κ3) is 4.54. The van der Waals surface area contributed by atoms with Gasteiger partial charge in [0.15, 0.2) is 0 Å². The maximum absolute atomic E-state index is 11.9. The van der Waals surface area contributed by atoms with Crippen LogP contribution in [0.2, 0.25) is 0 Å². The van der Waals surface area contributed by atoms with Gasteiger partial charge in [-0.2, -0.15) is 0 Å². The lowest BCUT2D eigenvalue weighted by atomic mass is 10.1. The van der Waals surface area contributed by atoms with E-state index in [1.165, 1.54) is 22.7 Å². The Kier molecular flexibility index (Phi) is 5.66. The van der Waals surface area contributed by atoms with Crippen molar-refractivity contribution in [2.24, 2.45) is 0 Å². The molecule has 2 aromatic rings. The zero-order valence-electron chi connectivity index (χ0n) is 12.7. The largest absolute Gasteiger partial charge is 0.382 e. The molecule has 1 aliphatic heterocycles. The van der Waals surface area contributed by atoms with Crippen LogP contribution in [-0.4, -0.2) is 30.4 Å². The van der Waals surface area contributed by atoms with Crippen LogP contribution < -0.4 is 10.6 Å². The Hall–Kier alpha value is -1.41. The van der Waals surface area contributed by atoms with E-state index < -0.39 is 6.10 Å². The van der Waals surface area contributed by atoms with Gasteiger partial charge in [0, 0.05) is 33.9 Å². The van der Waals surface area contributed by atoms with Crippen molar-refractivity contribution in [1.82, 2.24) is 10.6 Å². The summed E-state index contributed by atoms with van der Waals surface area (Å²) < 4.78 is 5.27. The summed E-state index contributed by atoms with van der Waals surface area (Å²) in [5.41, 5.74) is 0. The summed E-state index contributed by atoms with van der Waals surface area (Å²) in [6.07, 6.45) is 1.15. The molecule has 0 radical (unpaired) electrons. The molecule has 0 spiro atoms. The maximum Gasteiger partial charge on any atom is 0.315 e. The van der Waals surface area contributed by atoms with Crippen LogP contribution in [-0.2, 0) is 11.3 Å². The standard InChI is InChI=1S/C16H20N2O3S2/c19-15(13-2-1-9-22-13)14-4-3-12(23-14)10-17-16(20)18-11-5-7-21-8-6-11/h1-4,9,11,15,19H,5-8,10H2,(H2,17,18,20). The van der Waals surface area contributed by atoms with Gasteiger partial charge in [0.1, 0.15) is 6.10 Å². The molecule has 0 aliphatic carbocycles. The summed E-state index contributed by atoms with van der Waals surface area (Å²) in [5.74, 6) is 0. The predicted octanol–water partition coefficient (Wildman–Crippen LogP) is 2.87. The van der Waals surface area contributed by atoms with E-state index in [2.05, 4.69) is 10.6 Å². The highest BCUT2D eigenvalue weighted by atomic mass is 32.1. The van der Waals surface area contributed by atoms with Crippen LogP contribution in [0.1, 0.15) is 33.6 Å². The first-order valence-corrected chi connectivity index (χ1v) is 9.34. The SMILES string of the molecule is O=C(NCc1ccc(C(O)c2cccs2)s1)NC1CCOCC1. The molecule has 2 aromatic heterocycles. The molecule has 3 rings (SSSR count). The smallest absolute Gasteiger partial charge is 0.315 e. The third-order valence-corrected chi connectivity index (χ3v) is 5.81. The van der Waals surface area contributed by atoms with E-state index in [4.69, 9.17) is 4.74 Å². The molecule has 5 nitrogen and oxygen atoms in total. The molecule has 2 amide bonds. The van der Waals surface area contributed by atoms with Crippen LogP contribution in [0.4, 0.5) is 4.79 Å². The quantitative estimate of drug-likeness (QED) is 0.775. The van der Waals surface area contributed by atoms with Crippen molar-refractivity contribution < 1.29 is 14.6 Å². The monoisotopic (exact) mass is 352 g/mol. The molecule has 7 heteroatoms. The number of aliphatic hydroxyl groups is 1. The average molecular weight is 352 g/mol. The Bertz CT molecular complexity index is 621. The molecule has 0 saturated carbocycles. The lowest BCUT2D eigenvalue weighted by molar-refractivity contribution is 0.0801. The average Bonchev–Trinajstić information content (AvgIpc) is 3.25. The summed E-state index contributed by atoms with van der Waals surface area (Å²) in [6.45, 7) is 1.89. The molecule has 0 aromatic carbocycles. The number of aliphatic hydroxyl groups excluding tert-OH is 1. The van der Waals surface area contributed by atoms with Crippen LogP contribution in [0.25, 0.3) is 0 Å². The molecule has 1 unspecified atom stereocenters. The van der Waals surface area contributed by atoms with Crippen molar-refractivity contribution in [3.63, 3.8) is 0 Å². The van der Waals surface area contributed by atoms with Crippen LogP contribution >= 0.6 is 22.7 Å². The van der Waals surface area contributed by atoms with Crippen molar-refractivity contribution in [1.29, 1.82) is 0 Å². The van der Waals surface area contributed by atoms with Crippen molar-refractivity contribution >= 4 is 28.7 Å². The number of carbonyl (C=O) groups excluding carboxylic acids is 1. The Labute approximate surface area is 143 Å². The number of rotatable bonds is 5. The van der Waals surface area contributed by atoms with Crippen LogP contribution in [0, 0.1) is 0 Å². The maximum atomic E-state index is 11.9. The minimum atomic E-state index is -0.579. The third-order valence-electron chi connectivity index (χ3n) is 3.74. The number of ether oxygens (including phenoxy) is 1. The summed E-state index contributed by atoms with van der Waals surface area (Å²) in [4.78, 5) is 14.8. The fourth-order valence-electron chi connectivity index (χ4n) is 2.47. The van der Waals surface area contributed by atoms with Gasteiger partial charge in [-0.1, -0.05) is 6.07 Å². The fourth-order valence-corrected chi connectivity index (χ4v) is 4.23. The second kappa shape index (κ2) is 7.92. The minimum Gasteiger partial charge on any atom is -0.382 e. The van der Waals surface area contributed by atoms with E-state index in [9.17, 15) is 9.90 Å². The molecule has 1 aliphatic rings. The molecule has 1 atom stereocenters. The van der Waals surface area contributed by atoms with Gasteiger partial charge < -0.3 is 20.5 Å². The predicted molar refractivity (Wildman–Crippen MR) is 91.9 cm³/mol. The second-order valence-electron chi connectivity index (χ2n) is 5.44. The number of hydrogen-bond acceptors (Lipinski definition) is 5. The Morgan fingerprint density at radius 2 is 2.13 bits per heavy atom. The first-order chi connectivity index (χ1) is 11.2. The summed E-state index contributed by atoms with van der Waals surface area (Å²) in [5, 5.41) is 18.1. The number of thiophene rings is 2. The van der Waals surface area contributed by atoms with E-state index in [0.717, 1.165) is 27.5 Å². The van der Waals surface area contributed by atoms with E-state index in [1.54, 1.807) is 0 Å². The second-order valence-corrected chi connectivity index (χ2v) is 7.61. The topological polar surface area (TPSA) is 70.6 Å². The molecular weight excluding hydrogens is 332 g/mol. The normalized spacial score (nSPS) is 16.9. The molecule has 3 heterocycles. The van der Waals surface area contributed by atoms with Crippen molar-refractivity contribution in [3.8, 4) is 0 Å². The first kappa shape index (κ1) is 16.4. The molecule has 23 heavy (non-hydrogen) atoms. The van der Waals surface area contributed by atoms with Crippen LogP contribution in [0.5, 0.6) is 0 Å². The first-order valence-electron chi connectivity index (χ1n) is 7.64. The lowest BCUT2D eigenvalue weighted by Crippen LogP contribution is -2.44. The summed E-state index contributed by atoms with van der Waals surface area (Å²) in [6, 6.07) is 7.77. The molecular formula is C16H20N2O3S2. The number of nitrogens with one attached hydrogen (secondary N) is 2. The van der Waals surface area contributed by atoms with Gasteiger partial charge in [-0.15, -0.1) is 22.7 Å². The van der Waals surface area contributed by atoms with E-state index >= 15 is 0 Å². The number of hydrogen-bond donors (Lipinski definition) is 3. The Morgan fingerprint density at radius 1 is 1.30 bits per heavy atom. The molecule has 1 fully saturated rings. The Balaban J connectivity index is 1.48. The Morgan fingerprint density at radius 3 is 2.87 bits per heavy atom. The van der Waals surface area contributed by atoms with E-state index in [0.29, 0.717) is 19.8 Å². The molecule has 124 valence electrons. The van der Waals surface area contributed by atoms with E-state index in [-0.39, 0.29) is 12.1 Å².